The number of amides is 1. The van der Waals surface area contributed by atoms with E-state index in [2.05, 4.69) is 10.6 Å². The maximum Gasteiger partial charge on any atom is 0.238 e. The average molecular weight is 258 g/mol. The first-order chi connectivity index (χ1) is 8.91. The third-order valence-electron chi connectivity index (χ3n) is 3.38. The van der Waals surface area contributed by atoms with Gasteiger partial charge in [-0.05, 0) is 26.3 Å². The van der Waals surface area contributed by atoms with Crippen molar-refractivity contribution in [3.63, 3.8) is 0 Å². The SMILES string of the molecule is C[C@H](NC1=CC(=O)C(C)(C)C(=O)N1)c1ccccc1. The lowest BCUT2D eigenvalue weighted by Crippen LogP contribution is -2.48. The van der Waals surface area contributed by atoms with Gasteiger partial charge in [0, 0.05) is 12.1 Å². The van der Waals surface area contributed by atoms with Crippen LogP contribution in [0, 0.1) is 5.41 Å². The number of carbonyl (C=O) groups is 2. The van der Waals surface area contributed by atoms with Gasteiger partial charge < -0.3 is 10.6 Å². The molecule has 2 rings (SSSR count). The highest BCUT2D eigenvalue weighted by Gasteiger charge is 2.38. The van der Waals surface area contributed by atoms with E-state index in [0.717, 1.165) is 5.56 Å². The Morgan fingerprint density at radius 3 is 2.37 bits per heavy atom. The molecule has 1 heterocycles. The molecule has 19 heavy (non-hydrogen) atoms. The fourth-order valence-corrected chi connectivity index (χ4v) is 1.87. The minimum Gasteiger partial charge on any atom is -0.365 e. The summed E-state index contributed by atoms with van der Waals surface area (Å²) in [6.07, 6.45) is 1.46. The molecule has 0 spiro atoms. The highest BCUT2D eigenvalue weighted by atomic mass is 16.2. The van der Waals surface area contributed by atoms with Crippen LogP contribution in [0.3, 0.4) is 0 Å². The van der Waals surface area contributed by atoms with E-state index in [-0.39, 0.29) is 17.7 Å². The van der Waals surface area contributed by atoms with E-state index < -0.39 is 5.41 Å². The molecular weight excluding hydrogens is 240 g/mol. The molecule has 1 aliphatic rings. The molecule has 4 heteroatoms. The Bertz CT molecular complexity index is 532. The van der Waals surface area contributed by atoms with E-state index in [9.17, 15) is 9.59 Å². The zero-order valence-electron chi connectivity index (χ0n) is 11.4. The van der Waals surface area contributed by atoms with Crippen molar-refractivity contribution in [1.29, 1.82) is 0 Å². The lowest BCUT2D eigenvalue weighted by Gasteiger charge is -2.28. The minimum absolute atomic E-state index is 0.0155. The molecule has 1 amide bonds. The second kappa shape index (κ2) is 4.88. The van der Waals surface area contributed by atoms with E-state index in [1.54, 1.807) is 13.8 Å². The Balaban J connectivity index is 2.13. The zero-order valence-corrected chi connectivity index (χ0v) is 11.4. The number of carbonyl (C=O) groups excluding carboxylic acids is 2. The first-order valence-corrected chi connectivity index (χ1v) is 6.30. The molecular formula is C15H18N2O2. The van der Waals surface area contributed by atoms with Gasteiger partial charge in [-0.2, -0.15) is 0 Å². The van der Waals surface area contributed by atoms with E-state index in [4.69, 9.17) is 0 Å². The Labute approximate surface area is 112 Å². The van der Waals surface area contributed by atoms with Gasteiger partial charge in [-0.15, -0.1) is 0 Å². The molecule has 100 valence electrons. The standard InChI is InChI=1S/C15H18N2O2/c1-10(11-7-5-4-6-8-11)16-13-9-12(18)15(2,3)14(19)17-13/h4-10,16H,1-3H3,(H,17,19)/t10-/m0/s1. The molecule has 1 atom stereocenters. The van der Waals surface area contributed by atoms with Crippen molar-refractivity contribution in [3.8, 4) is 0 Å². The molecule has 0 saturated heterocycles. The van der Waals surface area contributed by atoms with E-state index in [0.29, 0.717) is 5.82 Å². The predicted molar refractivity (Wildman–Crippen MR) is 73.0 cm³/mol. The van der Waals surface area contributed by atoms with Gasteiger partial charge in [-0.25, -0.2) is 0 Å². The molecule has 0 bridgehead atoms. The van der Waals surface area contributed by atoms with Crippen molar-refractivity contribution in [1.82, 2.24) is 10.6 Å². The highest BCUT2D eigenvalue weighted by Crippen LogP contribution is 2.23. The van der Waals surface area contributed by atoms with Gasteiger partial charge in [0.1, 0.15) is 11.2 Å². The monoisotopic (exact) mass is 258 g/mol. The van der Waals surface area contributed by atoms with Crippen LogP contribution in [0.25, 0.3) is 0 Å². The average Bonchev–Trinajstić information content (AvgIpc) is 2.37. The number of hydrogen-bond donors (Lipinski definition) is 2. The lowest BCUT2D eigenvalue weighted by molar-refractivity contribution is -0.138. The Morgan fingerprint density at radius 2 is 1.79 bits per heavy atom. The van der Waals surface area contributed by atoms with Gasteiger partial charge in [0.15, 0.2) is 5.78 Å². The maximum absolute atomic E-state index is 11.9. The van der Waals surface area contributed by atoms with Crippen molar-refractivity contribution in [2.24, 2.45) is 5.41 Å². The number of benzene rings is 1. The van der Waals surface area contributed by atoms with E-state index >= 15 is 0 Å². The first-order valence-electron chi connectivity index (χ1n) is 6.30. The van der Waals surface area contributed by atoms with Gasteiger partial charge in [-0.1, -0.05) is 30.3 Å². The van der Waals surface area contributed by atoms with Crippen molar-refractivity contribution in [2.45, 2.75) is 26.8 Å². The third-order valence-corrected chi connectivity index (χ3v) is 3.38. The fourth-order valence-electron chi connectivity index (χ4n) is 1.87. The largest absolute Gasteiger partial charge is 0.365 e. The van der Waals surface area contributed by atoms with Crippen LogP contribution in [0.4, 0.5) is 0 Å². The summed E-state index contributed by atoms with van der Waals surface area (Å²) in [5.74, 6) is 0.00690. The molecule has 0 radical (unpaired) electrons. The summed E-state index contributed by atoms with van der Waals surface area (Å²) >= 11 is 0. The van der Waals surface area contributed by atoms with Gasteiger partial charge in [-0.3, -0.25) is 9.59 Å². The molecule has 0 fully saturated rings. The van der Waals surface area contributed by atoms with E-state index in [1.165, 1.54) is 6.08 Å². The number of hydrogen-bond acceptors (Lipinski definition) is 3. The third kappa shape index (κ3) is 2.67. The summed E-state index contributed by atoms with van der Waals surface area (Å²) in [5.41, 5.74) is 0.108. The molecule has 1 aromatic carbocycles. The highest BCUT2D eigenvalue weighted by molar-refractivity contribution is 6.13. The van der Waals surface area contributed by atoms with Crippen LogP contribution < -0.4 is 10.6 Å². The van der Waals surface area contributed by atoms with Crippen LogP contribution in [-0.4, -0.2) is 11.7 Å². The van der Waals surface area contributed by atoms with Crippen molar-refractivity contribution < 1.29 is 9.59 Å². The maximum atomic E-state index is 11.9. The number of nitrogens with one attached hydrogen (secondary N) is 2. The quantitative estimate of drug-likeness (QED) is 0.814. The first kappa shape index (κ1) is 13.3. The lowest BCUT2D eigenvalue weighted by atomic mass is 9.85. The molecule has 0 aromatic heterocycles. The summed E-state index contributed by atoms with van der Waals surface area (Å²) in [6, 6.07) is 9.86. The molecule has 0 aliphatic carbocycles. The second-order valence-corrected chi connectivity index (χ2v) is 5.28. The normalized spacial score (nSPS) is 19.4. The van der Waals surface area contributed by atoms with Crippen LogP contribution in [0.2, 0.25) is 0 Å². The Hall–Kier alpha value is -2.10. The Kier molecular flexibility index (Phi) is 3.42. The summed E-state index contributed by atoms with van der Waals surface area (Å²) in [5, 5.41) is 5.87. The number of ketones is 1. The summed E-state index contributed by atoms with van der Waals surface area (Å²) in [7, 11) is 0. The fraction of sp³-hybridized carbons (Fsp3) is 0.333. The van der Waals surface area contributed by atoms with Gasteiger partial charge in [0.05, 0.1) is 0 Å². The summed E-state index contributed by atoms with van der Waals surface area (Å²) in [4.78, 5) is 23.7. The molecule has 2 N–H and O–H groups in total. The smallest absolute Gasteiger partial charge is 0.238 e. The van der Waals surface area contributed by atoms with Gasteiger partial charge >= 0.3 is 0 Å². The predicted octanol–water partition coefficient (Wildman–Crippen LogP) is 1.90. The molecule has 1 aliphatic heterocycles. The molecule has 0 saturated carbocycles. The van der Waals surface area contributed by atoms with Crippen molar-refractivity contribution >= 4 is 11.7 Å². The van der Waals surface area contributed by atoms with Crippen LogP contribution in [0.1, 0.15) is 32.4 Å². The van der Waals surface area contributed by atoms with E-state index in [1.807, 2.05) is 37.3 Å². The number of allylic oxidation sites excluding steroid dienone is 1. The van der Waals surface area contributed by atoms with Crippen LogP contribution in [-0.2, 0) is 9.59 Å². The Morgan fingerprint density at radius 1 is 1.16 bits per heavy atom. The number of rotatable bonds is 3. The summed E-state index contributed by atoms with van der Waals surface area (Å²) < 4.78 is 0. The van der Waals surface area contributed by atoms with Gasteiger partial charge in [0.25, 0.3) is 0 Å². The zero-order chi connectivity index (χ0) is 14.0. The minimum atomic E-state index is -0.985. The van der Waals surface area contributed by atoms with Crippen LogP contribution >= 0.6 is 0 Å². The van der Waals surface area contributed by atoms with Crippen molar-refractivity contribution in [3.05, 3.63) is 47.8 Å². The van der Waals surface area contributed by atoms with Gasteiger partial charge in [0.2, 0.25) is 5.91 Å². The topological polar surface area (TPSA) is 58.2 Å². The molecule has 0 unspecified atom stereocenters. The summed E-state index contributed by atoms with van der Waals surface area (Å²) in [6.45, 7) is 5.23. The van der Waals surface area contributed by atoms with Crippen LogP contribution in [0.15, 0.2) is 42.2 Å². The van der Waals surface area contributed by atoms with Crippen molar-refractivity contribution in [2.75, 3.05) is 0 Å². The molecule has 4 nitrogen and oxygen atoms in total. The second-order valence-electron chi connectivity index (χ2n) is 5.28. The molecule has 1 aromatic rings. The van der Waals surface area contributed by atoms with Crippen LogP contribution in [0.5, 0.6) is 0 Å².